The summed E-state index contributed by atoms with van der Waals surface area (Å²) < 4.78 is 5.63. The molecule has 0 aromatic heterocycles. The number of hydrogen-bond donors (Lipinski definition) is 1. The zero-order valence-corrected chi connectivity index (χ0v) is 17.6. The van der Waals surface area contributed by atoms with E-state index in [9.17, 15) is 4.79 Å². The van der Waals surface area contributed by atoms with Crippen molar-refractivity contribution in [3.63, 3.8) is 0 Å². The molecule has 0 radical (unpaired) electrons. The molecule has 0 heterocycles. The number of halogens is 2. The van der Waals surface area contributed by atoms with Gasteiger partial charge in [-0.15, -0.1) is 0 Å². The van der Waals surface area contributed by atoms with E-state index >= 15 is 0 Å². The molecule has 1 amide bonds. The van der Waals surface area contributed by atoms with Crippen LogP contribution in [0.3, 0.4) is 0 Å². The number of nitrogens with zero attached hydrogens (tertiary/aromatic N) is 1. The van der Waals surface area contributed by atoms with Gasteiger partial charge in [-0.3, -0.25) is 4.79 Å². The summed E-state index contributed by atoms with van der Waals surface area (Å²) in [6, 6.07) is 23.2. The van der Waals surface area contributed by atoms with Crippen LogP contribution in [0.2, 0.25) is 10.0 Å². The highest BCUT2D eigenvalue weighted by atomic mass is 35.5. The Kier molecular flexibility index (Phi) is 5.88. The zero-order valence-electron chi connectivity index (χ0n) is 16.1. The first-order valence-corrected chi connectivity index (χ1v) is 10.1. The molecule has 150 valence electrons. The van der Waals surface area contributed by atoms with Crippen molar-refractivity contribution in [2.45, 2.75) is 13.0 Å². The lowest BCUT2D eigenvalue weighted by Gasteiger charge is -2.14. The van der Waals surface area contributed by atoms with Crippen molar-refractivity contribution in [3.05, 3.63) is 88.4 Å². The van der Waals surface area contributed by atoms with Gasteiger partial charge in [0.05, 0.1) is 11.2 Å². The predicted molar refractivity (Wildman–Crippen MR) is 124 cm³/mol. The number of carbonyl (C=O) groups is 1. The molecule has 4 nitrogen and oxygen atoms in total. The van der Waals surface area contributed by atoms with E-state index in [4.69, 9.17) is 27.9 Å². The predicted octanol–water partition coefficient (Wildman–Crippen LogP) is 6.22. The highest BCUT2D eigenvalue weighted by Crippen LogP contribution is 2.29. The van der Waals surface area contributed by atoms with E-state index in [1.807, 2.05) is 36.4 Å². The maximum Gasteiger partial charge on any atom is 0.280 e. The van der Waals surface area contributed by atoms with Gasteiger partial charge in [-0.2, -0.15) is 5.10 Å². The average molecular weight is 437 g/mol. The van der Waals surface area contributed by atoms with E-state index in [1.54, 1.807) is 31.3 Å². The Morgan fingerprint density at radius 3 is 2.23 bits per heavy atom. The molecule has 1 atom stereocenters. The number of hydrogen-bond acceptors (Lipinski definition) is 3. The summed E-state index contributed by atoms with van der Waals surface area (Å²) in [5.74, 6) is -0.00504. The van der Waals surface area contributed by atoms with Gasteiger partial charge in [-0.1, -0.05) is 71.7 Å². The van der Waals surface area contributed by atoms with Gasteiger partial charge in [-0.05, 0) is 52.7 Å². The first kappa shape index (κ1) is 20.2. The molecule has 0 saturated heterocycles. The number of ether oxygens (including phenoxy) is 1. The van der Waals surface area contributed by atoms with Gasteiger partial charge in [0.2, 0.25) is 0 Å². The van der Waals surface area contributed by atoms with Crippen LogP contribution >= 0.6 is 23.2 Å². The summed E-state index contributed by atoms with van der Waals surface area (Å²) in [7, 11) is 0. The fourth-order valence-corrected chi connectivity index (χ4v) is 3.71. The molecule has 0 spiro atoms. The Hall–Kier alpha value is -3.08. The van der Waals surface area contributed by atoms with Gasteiger partial charge < -0.3 is 4.74 Å². The number of nitrogens with one attached hydrogen (secondary N) is 1. The number of benzene rings is 4. The molecule has 0 saturated carbocycles. The van der Waals surface area contributed by atoms with Crippen molar-refractivity contribution in [2.75, 3.05) is 0 Å². The highest BCUT2D eigenvalue weighted by molar-refractivity contribution is 6.35. The quantitative estimate of drug-likeness (QED) is 0.229. The number of hydrazone groups is 1. The van der Waals surface area contributed by atoms with Crippen LogP contribution in [-0.2, 0) is 4.79 Å². The van der Waals surface area contributed by atoms with Crippen LogP contribution < -0.4 is 10.2 Å². The van der Waals surface area contributed by atoms with E-state index < -0.39 is 6.10 Å². The van der Waals surface area contributed by atoms with Crippen LogP contribution in [0.15, 0.2) is 77.9 Å². The minimum atomic E-state index is -0.787. The lowest BCUT2D eigenvalue weighted by Crippen LogP contribution is -2.33. The monoisotopic (exact) mass is 436 g/mol. The van der Waals surface area contributed by atoms with Crippen LogP contribution in [0.1, 0.15) is 12.5 Å². The number of amides is 1. The molecule has 4 aromatic rings. The lowest BCUT2D eigenvalue weighted by molar-refractivity contribution is -0.127. The smallest absolute Gasteiger partial charge is 0.280 e. The fourth-order valence-electron chi connectivity index (χ4n) is 3.25. The van der Waals surface area contributed by atoms with Crippen molar-refractivity contribution in [3.8, 4) is 5.75 Å². The molecule has 0 aliphatic carbocycles. The van der Waals surface area contributed by atoms with Gasteiger partial charge in [0, 0.05) is 10.6 Å². The summed E-state index contributed by atoms with van der Waals surface area (Å²) in [5, 5.41) is 9.36. The second kappa shape index (κ2) is 8.74. The van der Waals surface area contributed by atoms with Gasteiger partial charge in [0.1, 0.15) is 5.75 Å². The van der Waals surface area contributed by atoms with Crippen LogP contribution in [0.4, 0.5) is 0 Å². The van der Waals surface area contributed by atoms with Crippen molar-refractivity contribution in [2.24, 2.45) is 5.10 Å². The molecule has 6 heteroatoms. The molecule has 0 aliphatic rings. The molecule has 4 aromatic carbocycles. The Labute approximate surface area is 184 Å². The first-order valence-electron chi connectivity index (χ1n) is 9.38. The van der Waals surface area contributed by atoms with Crippen LogP contribution in [0.5, 0.6) is 5.75 Å². The van der Waals surface area contributed by atoms with E-state index in [1.165, 1.54) is 0 Å². The van der Waals surface area contributed by atoms with Gasteiger partial charge in [-0.25, -0.2) is 5.43 Å². The third-order valence-corrected chi connectivity index (χ3v) is 5.28. The maximum atomic E-state index is 12.4. The van der Waals surface area contributed by atoms with Crippen molar-refractivity contribution in [1.82, 2.24) is 5.43 Å². The molecule has 1 N–H and O–H groups in total. The fraction of sp³-hybridized carbons (Fsp3) is 0.0833. The first-order chi connectivity index (χ1) is 14.5. The van der Waals surface area contributed by atoms with Crippen LogP contribution in [-0.4, -0.2) is 18.2 Å². The van der Waals surface area contributed by atoms with Crippen molar-refractivity contribution in [1.29, 1.82) is 0 Å². The topological polar surface area (TPSA) is 50.7 Å². The molecular formula is C24H18Cl2N2O2. The molecule has 30 heavy (non-hydrogen) atoms. The summed E-state index contributed by atoms with van der Waals surface area (Å²) in [6.45, 7) is 1.63. The standard InChI is InChI=1S/C24H18Cl2N2O2/c1-15(30-23-11-10-18(25)13-22(23)26)24(29)28-27-14-21-19-8-4-2-6-16(19)12-17-7-3-5-9-20(17)21/h2-15H,1H3,(H,28,29)/b27-14-/t15-/m1/s1. The second-order valence-corrected chi connectivity index (χ2v) is 7.65. The van der Waals surface area contributed by atoms with E-state index in [2.05, 4.69) is 28.7 Å². The third-order valence-electron chi connectivity index (χ3n) is 4.75. The summed E-state index contributed by atoms with van der Waals surface area (Å²) in [6.07, 6.45) is 0.884. The van der Waals surface area contributed by atoms with Crippen LogP contribution in [0, 0.1) is 0 Å². The molecule has 0 bridgehead atoms. The minimum absolute atomic E-state index is 0.341. The maximum absolute atomic E-state index is 12.4. The Morgan fingerprint density at radius 1 is 0.967 bits per heavy atom. The number of carbonyl (C=O) groups excluding carboxylic acids is 1. The third kappa shape index (κ3) is 4.25. The van der Waals surface area contributed by atoms with Crippen molar-refractivity contribution >= 4 is 56.9 Å². The van der Waals surface area contributed by atoms with E-state index in [0.29, 0.717) is 15.8 Å². The Bertz CT molecular complexity index is 1220. The van der Waals surface area contributed by atoms with Crippen LogP contribution in [0.25, 0.3) is 21.5 Å². The molecule has 0 unspecified atom stereocenters. The summed E-state index contributed by atoms with van der Waals surface area (Å²) in [4.78, 5) is 12.4. The normalized spacial score (nSPS) is 12.4. The second-order valence-electron chi connectivity index (χ2n) is 6.80. The van der Waals surface area contributed by atoms with Gasteiger partial charge >= 0.3 is 0 Å². The molecule has 0 fully saturated rings. The zero-order chi connectivity index (χ0) is 21.1. The minimum Gasteiger partial charge on any atom is -0.479 e. The Morgan fingerprint density at radius 2 is 1.60 bits per heavy atom. The van der Waals surface area contributed by atoms with Gasteiger partial charge in [0.25, 0.3) is 5.91 Å². The largest absolute Gasteiger partial charge is 0.479 e. The van der Waals surface area contributed by atoms with Gasteiger partial charge in [0.15, 0.2) is 6.10 Å². The lowest BCUT2D eigenvalue weighted by atomic mass is 9.97. The summed E-state index contributed by atoms with van der Waals surface area (Å²) in [5.41, 5.74) is 3.49. The van der Waals surface area contributed by atoms with E-state index in [-0.39, 0.29) is 5.91 Å². The highest BCUT2D eigenvalue weighted by Gasteiger charge is 2.16. The number of fused-ring (bicyclic) bond motifs is 2. The Balaban J connectivity index is 1.55. The summed E-state index contributed by atoms with van der Waals surface area (Å²) >= 11 is 12.0. The average Bonchev–Trinajstić information content (AvgIpc) is 2.75. The van der Waals surface area contributed by atoms with Crippen molar-refractivity contribution < 1.29 is 9.53 Å². The number of rotatable bonds is 5. The van der Waals surface area contributed by atoms with E-state index in [0.717, 1.165) is 27.1 Å². The molecule has 0 aliphatic heterocycles. The molecule has 4 rings (SSSR count). The SMILES string of the molecule is C[C@@H](Oc1ccc(Cl)cc1Cl)C(=O)N/N=C\c1c2ccccc2cc2ccccc12. The molecular weight excluding hydrogens is 419 g/mol.